The Labute approximate surface area is 114 Å². The van der Waals surface area contributed by atoms with E-state index in [1.807, 2.05) is 12.1 Å². The van der Waals surface area contributed by atoms with Gasteiger partial charge in [-0.15, -0.1) is 0 Å². The molecule has 0 amide bonds. The molecule has 0 radical (unpaired) electrons. The van der Waals surface area contributed by atoms with Crippen molar-refractivity contribution in [2.45, 2.75) is 25.8 Å². The maximum Gasteiger partial charge on any atom is 0.203 e. The topological polar surface area (TPSA) is 39.7 Å². The zero-order chi connectivity index (χ0) is 13.1. The van der Waals surface area contributed by atoms with Crippen LogP contribution in [0.15, 0.2) is 12.1 Å². The van der Waals surface area contributed by atoms with Gasteiger partial charge in [-0.25, -0.2) is 0 Å². The normalized spacial score (nSPS) is 17.3. The van der Waals surface area contributed by atoms with Crippen molar-refractivity contribution >= 4 is 0 Å². The molecular formula is C15H21NO3. The summed E-state index contributed by atoms with van der Waals surface area (Å²) in [5, 5.41) is 3.48. The highest BCUT2D eigenvalue weighted by atomic mass is 16.6. The summed E-state index contributed by atoms with van der Waals surface area (Å²) < 4.78 is 16.6. The average molecular weight is 263 g/mol. The molecule has 2 aliphatic rings. The maximum atomic E-state index is 5.63. The summed E-state index contributed by atoms with van der Waals surface area (Å²) in [5.41, 5.74) is 1.18. The van der Waals surface area contributed by atoms with Crippen LogP contribution in [0.2, 0.25) is 0 Å². The van der Waals surface area contributed by atoms with Gasteiger partial charge in [0.05, 0.1) is 7.11 Å². The smallest absolute Gasteiger partial charge is 0.203 e. The van der Waals surface area contributed by atoms with Gasteiger partial charge in [-0.05, 0) is 36.6 Å². The standard InChI is InChI=1S/C15H21NO3/c1-17-13-8-12(10-16-5-4-11-2-3-11)9-14-15(13)19-7-6-18-14/h8-9,11,16H,2-7,10H2,1H3. The summed E-state index contributed by atoms with van der Waals surface area (Å²) >= 11 is 0. The highest BCUT2D eigenvalue weighted by Gasteiger charge is 2.20. The summed E-state index contributed by atoms with van der Waals surface area (Å²) in [5.74, 6) is 3.26. The highest BCUT2D eigenvalue weighted by Crippen LogP contribution is 2.40. The first-order valence-corrected chi connectivity index (χ1v) is 7.04. The van der Waals surface area contributed by atoms with Crippen LogP contribution in [0.5, 0.6) is 17.2 Å². The minimum absolute atomic E-state index is 0.586. The molecule has 1 heterocycles. The lowest BCUT2D eigenvalue weighted by Gasteiger charge is -2.21. The number of hydrogen-bond donors (Lipinski definition) is 1. The quantitative estimate of drug-likeness (QED) is 0.800. The first kappa shape index (κ1) is 12.6. The fourth-order valence-corrected chi connectivity index (χ4v) is 2.37. The van der Waals surface area contributed by atoms with Crippen LogP contribution in [-0.4, -0.2) is 26.9 Å². The fourth-order valence-electron chi connectivity index (χ4n) is 2.37. The molecule has 0 saturated heterocycles. The molecule has 1 aliphatic carbocycles. The first-order chi connectivity index (χ1) is 9.36. The van der Waals surface area contributed by atoms with E-state index in [1.165, 1.54) is 24.8 Å². The van der Waals surface area contributed by atoms with E-state index in [1.54, 1.807) is 7.11 Å². The Kier molecular flexibility index (Phi) is 3.78. The Morgan fingerprint density at radius 3 is 2.89 bits per heavy atom. The van der Waals surface area contributed by atoms with Crippen LogP contribution >= 0.6 is 0 Å². The van der Waals surface area contributed by atoms with Crippen molar-refractivity contribution in [3.8, 4) is 17.2 Å². The minimum atomic E-state index is 0.586. The molecule has 19 heavy (non-hydrogen) atoms. The van der Waals surface area contributed by atoms with Crippen LogP contribution < -0.4 is 19.5 Å². The summed E-state index contributed by atoms with van der Waals surface area (Å²) in [6.45, 7) is 3.12. The van der Waals surface area contributed by atoms with Crippen molar-refractivity contribution < 1.29 is 14.2 Å². The molecule has 3 rings (SSSR count). The Bertz CT molecular complexity index is 426. The molecule has 104 valence electrons. The SMILES string of the molecule is COc1cc(CNCCC2CC2)cc2c1OCCO2. The van der Waals surface area contributed by atoms with Gasteiger partial charge in [0, 0.05) is 6.54 Å². The molecule has 1 aromatic rings. The van der Waals surface area contributed by atoms with Gasteiger partial charge in [0.25, 0.3) is 0 Å². The molecule has 0 bridgehead atoms. The van der Waals surface area contributed by atoms with Crippen LogP contribution in [0.4, 0.5) is 0 Å². The molecular weight excluding hydrogens is 242 g/mol. The van der Waals surface area contributed by atoms with E-state index in [0.717, 1.165) is 36.3 Å². The van der Waals surface area contributed by atoms with Crippen molar-refractivity contribution in [2.75, 3.05) is 26.9 Å². The van der Waals surface area contributed by atoms with Crippen LogP contribution in [0, 0.1) is 5.92 Å². The number of ether oxygens (including phenoxy) is 3. The number of fused-ring (bicyclic) bond motifs is 1. The van der Waals surface area contributed by atoms with Crippen LogP contribution in [-0.2, 0) is 6.54 Å². The monoisotopic (exact) mass is 263 g/mol. The third-order valence-corrected chi connectivity index (χ3v) is 3.64. The molecule has 0 spiro atoms. The lowest BCUT2D eigenvalue weighted by Crippen LogP contribution is -2.18. The van der Waals surface area contributed by atoms with E-state index >= 15 is 0 Å². The third-order valence-electron chi connectivity index (χ3n) is 3.64. The predicted octanol–water partition coefficient (Wildman–Crippen LogP) is 2.36. The number of hydrogen-bond acceptors (Lipinski definition) is 4. The molecule has 1 aliphatic heterocycles. The summed E-state index contributed by atoms with van der Waals surface area (Å²) in [7, 11) is 1.66. The van der Waals surface area contributed by atoms with Crippen molar-refractivity contribution in [1.82, 2.24) is 5.32 Å². The Morgan fingerprint density at radius 2 is 2.11 bits per heavy atom. The van der Waals surface area contributed by atoms with Gasteiger partial charge < -0.3 is 19.5 Å². The minimum Gasteiger partial charge on any atom is -0.493 e. The second-order valence-corrected chi connectivity index (χ2v) is 5.23. The fraction of sp³-hybridized carbons (Fsp3) is 0.600. The first-order valence-electron chi connectivity index (χ1n) is 7.04. The van der Waals surface area contributed by atoms with E-state index in [0.29, 0.717) is 13.2 Å². The van der Waals surface area contributed by atoms with Gasteiger partial charge in [-0.1, -0.05) is 12.8 Å². The number of benzene rings is 1. The Hall–Kier alpha value is -1.42. The van der Waals surface area contributed by atoms with E-state index < -0.39 is 0 Å². The summed E-state index contributed by atoms with van der Waals surface area (Å²) in [6.07, 6.45) is 4.13. The van der Waals surface area contributed by atoms with Gasteiger partial charge in [0.15, 0.2) is 11.5 Å². The summed E-state index contributed by atoms with van der Waals surface area (Å²) in [6, 6.07) is 4.07. The Morgan fingerprint density at radius 1 is 1.26 bits per heavy atom. The second-order valence-electron chi connectivity index (χ2n) is 5.23. The van der Waals surface area contributed by atoms with Gasteiger partial charge in [-0.3, -0.25) is 0 Å². The van der Waals surface area contributed by atoms with E-state index in [2.05, 4.69) is 5.32 Å². The van der Waals surface area contributed by atoms with E-state index in [-0.39, 0.29) is 0 Å². The number of rotatable bonds is 6. The molecule has 0 unspecified atom stereocenters. The van der Waals surface area contributed by atoms with Crippen LogP contribution in [0.1, 0.15) is 24.8 Å². The number of nitrogens with one attached hydrogen (secondary N) is 1. The largest absolute Gasteiger partial charge is 0.493 e. The molecule has 1 fully saturated rings. The van der Waals surface area contributed by atoms with Crippen molar-refractivity contribution in [3.63, 3.8) is 0 Å². The molecule has 4 nitrogen and oxygen atoms in total. The van der Waals surface area contributed by atoms with Gasteiger partial charge in [0.1, 0.15) is 13.2 Å². The van der Waals surface area contributed by atoms with E-state index in [4.69, 9.17) is 14.2 Å². The molecule has 0 aromatic heterocycles. The molecule has 1 saturated carbocycles. The zero-order valence-electron chi connectivity index (χ0n) is 11.4. The Balaban J connectivity index is 1.63. The molecule has 4 heteroatoms. The average Bonchev–Trinajstić information content (AvgIpc) is 3.27. The van der Waals surface area contributed by atoms with E-state index in [9.17, 15) is 0 Å². The lowest BCUT2D eigenvalue weighted by atomic mass is 10.1. The number of methoxy groups -OCH3 is 1. The van der Waals surface area contributed by atoms with Crippen LogP contribution in [0.3, 0.4) is 0 Å². The van der Waals surface area contributed by atoms with Crippen LogP contribution in [0.25, 0.3) is 0 Å². The van der Waals surface area contributed by atoms with Gasteiger partial charge in [0.2, 0.25) is 5.75 Å². The van der Waals surface area contributed by atoms with Gasteiger partial charge in [-0.2, -0.15) is 0 Å². The maximum absolute atomic E-state index is 5.63. The molecule has 1 N–H and O–H groups in total. The highest BCUT2D eigenvalue weighted by molar-refractivity contribution is 5.54. The third kappa shape index (κ3) is 3.13. The molecule has 1 aromatic carbocycles. The molecule has 0 atom stereocenters. The van der Waals surface area contributed by atoms with Crippen molar-refractivity contribution in [3.05, 3.63) is 17.7 Å². The van der Waals surface area contributed by atoms with Crippen molar-refractivity contribution in [2.24, 2.45) is 5.92 Å². The van der Waals surface area contributed by atoms with Gasteiger partial charge >= 0.3 is 0 Å². The van der Waals surface area contributed by atoms with Crippen molar-refractivity contribution in [1.29, 1.82) is 0 Å². The summed E-state index contributed by atoms with van der Waals surface area (Å²) in [4.78, 5) is 0. The second kappa shape index (κ2) is 5.70. The lowest BCUT2D eigenvalue weighted by molar-refractivity contribution is 0.165. The zero-order valence-corrected chi connectivity index (χ0v) is 11.4. The predicted molar refractivity (Wildman–Crippen MR) is 73.0 cm³/mol.